The van der Waals surface area contributed by atoms with Gasteiger partial charge in [0.2, 0.25) is 5.82 Å². The van der Waals surface area contributed by atoms with E-state index in [0.29, 0.717) is 16.6 Å². The number of nitrogens with one attached hydrogen (secondary N) is 1. The lowest BCUT2D eigenvalue weighted by molar-refractivity contribution is -0.387. The minimum atomic E-state index is -1.40. The van der Waals surface area contributed by atoms with Gasteiger partial charge in [0.05, 0.1) is 26.7 Å². The van der Waals surface area contributed by atoms with Gasteiger partial charge in [-0.05, 0) is 28.1 Å². The summed E-state index contributed by atoms with van der Waals surface area (Å²) < 4.78 is 27.6. The second-order valence-electron chi connectivity index (χ2n) is 3.85. The maximum absolute atomic E-state index is 13.9. The van der Waals surface area contributed by atoms with E-state index in [1.807, 2.05) is 0 Å². The van der Waals surface area contributed by atoms with E-state index in [0.717, 1.165) is 0 Å². The molecule has 1 amide bonds. The number of anilines is 1. The fraction of sp³-hybridized carbons (Fsp3) is 0. The molecule has 0 aliphatic carbocycles. The van der Waals surface area contributed by atoms with Crippen molar-refractivity contribution < 1.29 is 18.5 Å². The van der Waals surface area contributed by atoms with Gasteiger partial charge >= 0.3 is 5.69 Å². The maximum atomic E-state index is 13.9. The Labute approximate surface area is 125 Å². The minimum absolute atomic E-state index is 0.265. The van der Waals surface area contributed by atoms with Crippen molar-refractivity contribution >= 4 is 33.2 Å². The first-order chi connectivity index (χ1) is 9.90. The van der Waals surface area contributed by atoms with Crippen LogP contribution in [0.5, 0.6) is 0 Å². The van der Waals surface area contributed by atoms with E-state index in [-0.39, 0.29) is 5.69 Å². The first kappa shape index (κ1) is 15.0. The topological polar surface area (TPSA) is 85.1 Å². The highest BCUT2D eigenvalue weighted by molar-refractivity contribution is 9.10. The molecule has 0 aliphatic heterocycles. The van der Waals surface area contributed by atoms with E-state index >= 15 is 0 Å². The highest BCUT2D eigenvalue weighted by atomic mass is 79.9. The van der Waals surface area contributed by atoms with E-state index in [4.69, 9.17) is 0 Å². The molecule has 2 aromatic rings. The average molecular weight is 358 g/mol. The Kier molecular flexibility index (Phi) is 4.22. The maximum Gasteiger partial charge on any atom is 0.308 e. The van der Waals surface area contributed by atoms with E-state index in [1.165, 1.54) is 18.5 Å². The Bertz CT molecular complexity index is 740. The highest BCUT2D eigenvalue weighted by Crippen LogP contribution is 2.25. The smallest absolute Gasteiger partial charge is 0.308 e. The SMILES string of the molecule is O=C(Nc1ccncc1Br)c1cc(F)cc([N+](=O)[O-])c1F. The summed E-state index contributed by atoms with van der Waals surface area (Å²) >= 11 is 3.11. The molecular weight excluding hydrogens is 352 g/mol. The van der Waals surface area contributed by atoms with Gasteiger partial charge in [-0.2, -0.15) is 4.39 Å². The van der Waals surface area contributed by atoms with Crippen LogP contribution in [0.2, 0.25) is 0 Å². The number of halogens is 3. The molecule has 1 aromatic carbocycles. The van der Waals surface area contributed by atoms with Crippen molar-refractivity contribution in [1.29, 1.82) is 0 Å². The molecule has 0 fully saturated rings. The van der Waals surface area contributed by atoms with Crippen molar-refractivity contribution in [2.75, 3.05) is 5.32 Å². The fourth-order valence-corrected chi connectivity index (χ4v) is 1.89. The van der Waals surface area contributed by atoms with Crippen LogP contribution in [-0.4, -0.2) is 15.8 Å². The predicted octanol–water partition coefficient (Wildman–Crippen LogP) is 3.28. The summed E-state index contributed by atoms with van der Waals surface area (Å²) in [4.78, 5) is 25.2. The van der Waals surface area contributed by atoms with Crippen LogP contribution >= 0.6 is 15.9 Å². The molecule has 0 bridgehead atoms. The molecule has 0 saturated heterocycles. The molecule has 2 rings (SSSR count). The van der Waals surface area contributed by atoms with Gasteiger partial charge in [0.25, 0.3) is 5.91 Å². The van der Waals surface area contributed by atoms with Crippen LogP contribution in [0.3, 0.4) is 0 Å². The van der Waals surface area contributed by atoms with Crippen LogP contribution in [0.25, 0.3) is 0 Å². The molecule has 6 nitrogen and oxygen atoms in total. The van der Waals surface area contributed by atoms with Gasteiger partial charge in [-0.1, -0.05) is 0 Å². The Morgan fingerprint density at radius 1 is 1.38 bits per heavy atom. The number of amides is 1. The van der Waals surface area contributed by atoms with Crippen molar-refractivity contribution in [2.45, 2.75) is 0 Å². The number of pyridine rings is 1. The summed E-state index contributed by atoms with van der Waals surface area (Å²) in [5.74, 6) is -3.49. The standard InChI is InChI=1S/C12H6BrF2N3O3/c13-8-5-16-2-1-9(8)17-12(19)7-3-6(14)4-10(11(7)15)18(20)21/h1-5H,(H,16,17,19). The second-order valence-corrected chi connectivity index (χ2v) is 4.71. The fourth-order valence-electron chi connectivity index (χ4n) is 1.54. The van der Waals surface area contributed by atoms with Gasteiger partial charge in [-0.15, -0.1) is 0 Å². The number of benzene rings is 1. The molecule has 21 heavy (non-hydrogen) atoms. The molecule has 9 heteroatoms. The number of carbonyl (C=O) groups excluding carboxylic acids is 1. The molecule has 1 heterocycles. The number of nitrogens with zero attached hydrogens (tertiary/aromatic N) is 2. The zero-order chi connectivity index (χ0) is 15.6. The first-order valence-corrected chi connectivity index (χ1v) is 6.23. The summed E-state index contributed by atoms with van der Waals surface area (Å²) in [5, 5.41) is 12.9. The largest absolute Gasteiger partial charge is 0.321 e. The lowest BCUT2D eigenvalue weighted by Crippen LogP contribution is -2.15. The van der Waals surface area contributed by atoms with Gasteiger partial charge < -0.3 is 5.32 Å². The van der Waals surface area contributed by atoms with E-state index in [9.17, 15) is 23.7 Å². The monoisotopic (exact) mass is 357 g/mol. The molecule has 0 aliphatic rings. The van der Waals surface area contributed by atoms with Crippen molar-refractivity contribution in [3.05, 3.63) is 62.4 Å². The van der Waals surface area contributed by atoms with Crippen LogP contribution in [0.1, 0.15) is 10.4 Å². The zero-order valence-corrected chi connectivity index (χ0v) is 11.7. The Balaban J connectivity index is 2.40. The van der Waals surface area contributed by atoms with Crippen molar-refractivity contribution in [2.24, 2.45) is 0 Å². The lowest BCUT2D eigenvalue weighted by atomic mass is 10.1. The van der Waals surface area contributed by atoms with Crippen LogP contribution in [0, 0.1) is 21.7 Å². The number of hydrogen-bond acceptors (Lipinski definition) is 4. The third-order valence-corrected chi connectivity index (χ3v) is 3.11. The third-order valence-electron chi connectivity index (χ3n) is 2.48. The summed E-state index contributed by atoms with van der Waals surface area (Å²) in [6, 6.07) is 2.43. The minimum Gasteiger partial charge on any atom is -0.321 e. The molecule has 0 spiro atoms. The quantitative estimate of drug-likeness (QED) is 0.674. The van der Waals surface area contributed by atoms with E-state index < -0.39 is 33.7 Å². The predicted molar refractivity (Wildman–Crippen MR) is 72.9 cm³/mol. The Morgan fingerprint density at radius 2 is 2.10 bits per heavy atom. The lowest BCUT2D eigenvalue weighted by Gasteiger charge is -2.08. The molecule has 1 aromatic heterocycles. The van der Waals surface area contributed by atoms with Crippen LogP contribution in [-0.2, 0) is 0 Å². The Morgan fingerprint density at radius 3 is 2.71 bits per heavy atom. The van der Waals surface area contributed by atoms with E-state index in [1.54, 1.807) is 0 Å². The van der Waals surface area contributed by atoms with Gasteiger partial charge in [0.1, 0.15) is 5.82 Å². The molecular formula is C12H6BrF2N3O3. The van der Waals surface area contributed by atoms with Gasteiger partial charge in [-0.25, -0.2) is 4.39 Å². The molecule has 0 saturated carbocycles. The van der Waals surface area contributed by atoms with Gasteiger partial charge in [0, 0.05) is 12.4 Å². The van der Waals surface area contributed by atoms with Crippen LogP contribution < -0.4 is 5.32 Å². The number of aromatic nitrogens is 1. The number of hydrogen-bond donors (Lipinski definition) is 1. The van der Waals surface area contributed by atoms with Crippen LogP contribution in [0.4, 0.5) is 20.2 Å². The number of rotatable bonds is 3. The van der Waals surface area contributed by atoms with Gasteiger partial charge in [-0.3, -0.25) is 19.9 Å². The first-order valence-electron chi connectivity index (χ1n) is 5.44. The second kappa shape index (κ2) is 5.92. The van der Waals surface area contributed by atoms with E-state index in [2.05, 4.69) is 26.2 Å². The molecule has 0 radical (unpaired) electrons. The summed E-state index contributed by atoms with van der Waals surface area (Å²) in [7, 11) is 0. The summed E-state index contributed by atoms with van der Waals surface area (Å²) in [6.07, 6.45) is 2.77. The number of carbonyl (C=O) groups is 1. The third kappa shape index (κ3) is 3.19. The molecule has 0 atom stereocenters. The zero-order valence-electron chi connectivity index (χ0n) is 10.1. The van der Waals surface area contributed by atoms with Crippen molar-refractivity contribution in [1.82, 2.24) is 4.98 Å². The number of nitro groups is 1. The normalized spacial score (nSPS) is 10.2. The number of nitro benzene ring substituents is 1. The van der Waals surface area contributed by atoms with Crippen LogP contribution in [0.15, 0.2) is 35.1 Å². The van der Waals surface area contributed by atoms with Gasteiger partial charge in [0.15, 0.2) is 0 Å². The van der Waals surface area contributed by atoms with Crippen molar-refractivity contribution in [3.63, 3.8) is 0 Å². The summed E-state index contributed by atoms with van der Waals surface area (Å²) in [5.41, 5.74) is -1.60. The Hall–Kier alpha value is -2.42. The molecule has 0 unspecified atom stereocenters. The molecule has 1 N–H and O–H groups in total. The summed E-state index contributed by atoms with van der Waals surface area (Å²) in [6.45, 7) is 0. The van der Waals surface area contributed by atoms with Crippen molar-refractivity contribution in [3.8, 4) is 0 Å². The highest BCUT2D eigenvalue weighted by Gasteiger charge is 2.24. The average Bonchev–Trinajstić information content (AvgIpc) is 2.43. The molecule has 108 valence electrons.